The highest BCUT2D eigenvalue weighted by Gasteiger charge is 2.40. The molecule has 0 aliphatic heterocycles. The Labute approximate surface area is 127 Å². The quantitative estimate of drug-likeness (QED) is 0.826. The number of ether oxygens (including phenoxy) is 1. The second-order valence-electron chi connectivity index (χ2n) is 4.86. The lowest BCUT2D eigenvalue weighted by Gasteiger charge is -2.25. The van der Waals surface area contributed by atoms with Gasteiger partial charge in [-0.05, 0) is 22.8 Å². The van der Waals surface area contributed by atoms with E-state index in [1.807, 2.05) is 0 Å². The van der Waals surface area contributed by atoms with Crippen molar-refractivity contribution in [3.8, 4) is 0 Å². The molecule has 0 saturated carbocycles. The van der Waals surface area contributed by atoms with Crippen LogP contribution in [0, 0.1) is 0 Å². The molecule has 0 bridgehead atoms. The van der Waals surface area contributed by atoms with Gasteiger partial charge >= 0.3 is 11.9 Å². The van der Waals surface area contributed by atoms with Gasteiger partial charge in [0, 0.05) is 6.92 Å². The summed E-state index contributed by atoms with van der Waals surface area (Å²) in [5.74, 6) is -1.80. The van der Waals surface area contributed by atoms with Gasteiger partial charge in [0.1, 0.15) is 6.61 Å². The van der Waals surface area contributed by atoms with Crippen LogP contribution in [0.3, 0.4) is 0 Å². The van der Waals surface area contributed by atoms with Crippen LogP contribution < -0.4 is 0 Å². The molecule has 2 N–H and O–H groups in total. The molecule has 2 rings (SSSR count). The highest BCUT2D eigenvalue weighted by molar-refractivity contribution is 5.83. The lowest BCUT2D eigenvalue weighted by molar-refractivity contribution is -0.155. The van der Waals surface area contributed by atoms with E-state index >= 15 is 0 Å². The van der Waals surface area contributed by atoms with Crippen LogP contribution >= 0.6 is 0 Å². The van der Waals surface area contributed by atoms with Crippen LogP contribution in [0.2, 0.25) is 0 Å². The third-order valence-corrected chi connectivity index (χ3v) is 3.29. The number of hydrogen-bond acceptors (Lipinski definition) is 4. The predicted molar refractivity (Wildman–Crippen MR) is 79.0 cm³/mol. The molecule has 0 amide bonds. The molecule has 0 aliphatic carbocycles. The maximum atomic E-state index is 11.7. The molecule has 0 spiro atoms. The fourth-order valence-electron chi connectivity index (χ4n) is 2.16. The minimum absolute atomic E-state index is 0.0215. The van der Waals surface area contributed by atoms with Crippen LogP contribution in [0.4, 0.5) is 0 Å². The minimum Gasteiger partial charge on any atom is -0.479 e. The number of carbonyl (C=O) groups excluding carboxylic acids is 1. The zero-order valence-corrected chi connectivity index (χ0v) is 12.0. The molecule has 5 nitrogen and oxygen atoms in total. The van der Waals surface area contributed by atoms with Crippen LogP contribution in [0.15, 0.2) is 54.6 Å². The summed E-state index contributed by atoms with van der Waals surface area (Å²) in [6, 6.07) is 14.5. The van der Waals surface area contributed by atoms with E-state index in [2.05, 4.69) is 0 Å². The molecule has 2 aromatic rings. The highest BCUT2D eigenvalue weighted by Crippen LogP contribution is 2.30. The van der Waals surface area contributed by atoms with Crippen LogP contribution in [-0.4, -0.2) is 22.2 Å². The first kappa shape index (κ1) is 15.7. The van der Waals surface area contributed by atoms with Crippen LogP contribution in [0.5, 0.6) is 0 Å². The van der Waals surface area contributed by atoms with E-state index in [4.69, 9.17) is 4.74 Å². The van der Waals surface area contributed by atoms with Gasteiger partial charge in [-0.2, -0.15) is 0 Å². The van der Waals surface area contributed by atoms with Gasteiger partial charge in [0.25, 0.3) is 0 Å². The first-order valence-electron chi connectivity index (χ1n) is 6.68. The number of benzene rings is 2. The van der Waals surface area contributed by atoms with Crippen molar-refractivity contribution in [2.45, 2.75) is 19.1 Å². The van der Waals surface area contributed by atoms with Crippen molar-refractivity contribution < 1.29 is 24.5 Å². The van der Waals surface area contributed by atoms with Crippen LogP contribution in [0.25, 0.3) is 0 Å². The lowest BCUT2D eigenvalue weighted by Crippen LogP contribution is -2.36. The van der Waals surface area contributed by atoms with Crippen LogP contribution in [-0.2, 0) is 26.5 Å². The maximum Gasteiger partial charge on any atom is 0.345 e. The third-order valence-electron chi connectivity index (χ3n) is 3.29. The molecule has 22 heavy (non-hydrogen) atoms. The first-order chi connectivity index (χ1) is 10.4. The zero-order valence-electron chi connectivity index (χ0n) is 12.0. The average Bonchev–Trinajstić information content (AvgIpc) is 2.53. The molecule has 1 unspecified atom stereocenters. The third kappa shape index (κ3) is 3.15. The van der Waals surface area contributed by atoms with E-state index < -0.39 is 17.5 Å². The Morgan fingerprint density at radius 3 is 2.27 bits per heavy atom. The largest absolute Gasteiger partial charge is 0.479 e. The number of aliphatic carboxylic acids is 1. The van der Waals surface area contributed by atoms with Crippen molar-refractivity contribution in [1.29, 1.82) is 0 Å². The number of aliphatic hydroxyl groups is 1. The molecule has 114 valence electrons. The standard InChI is InChI=1S/C17H16O5/c1-12(18)22-11-13-6-5-9-15(10-13)17(21,16(19)20)14-7-3-2-4-8-14/h2-10,21H,11H2,1H3,(H,19,20). The Morgan fingerprint density at radius 1 is 1.05 bits per heavy atom. The van der Waals surface area contributed by atoms with E-state index in [1.165, 1.54) is 19.1 Å². The summed E-state index contributed by atoms with van der Waals surface area (Å²) in [6.45, 7) is 1.31. The van der Waals surface area contributed by atoms with Gasteiger partial charge in [0.15, 0.2) is 0 Å². The van der Waals surface area contributed by atoms with Crippen LogP contribution in [0.1, 0.15) is 23.6 Å². The van der Waals surface area contributed by atoms with Crippen molar-refractivity contribution in [2.24, 2.45) is 0 Å². The molecule has 1 atom stereocenters. The molecule has 0 saturated heterocycles. The lowest BCUT2D eigenvalue weighted by atomic mass is 9.86. The van der Waals surface area contributed by atoms with Crippen molar-refractivity contribution in [1.82, 2.24) is 0 Å². The summed E-state index contributed by atoms with van der Waals surface area (Å²) < 4.78 is 4.89. The van der Waals surface area contributed by atoms with Gasteiger partial charge in [-0.25, -0.2) is 4.79 Å². The monoisotopic (exact) mass is 300 g/mol. The fraction of sp³-hybridized carbons (Fsp3) is 0.176. The molecule has 0 radical (unpaired) electrons. The first-order valence-corrected chi connectivity index (χ1v) is 6.68. The number of hydrogen-bond donors (Lipinski definition) is 2. The maximum absolute atomic E-state index is 11.7. The van der Waals surface area contributed by atoms with E-state index in [1.54, 1.807) is 42.5 Å². The summed E-state index contributed by atoms with van der Waals surface area (Å²) in [6.07, 6.45) is 0. The Bertz CT molecular complexity index is 680. The van der Waals surface area contributed by atoms with E-state index in [0.717, 1.165) is 0 Å². The Morgan fingerprint density at radius 2 is 1.68 bits per heavy atom. The Kier molecular flexibility index (Phi) is 4.58. The Hall–Kier alpha value is -2.66. The number of esters is 1. The summed E-state index contributed by atoms with van der Waals surface area (Å²) in [4.78, 5) is 22.5. The highest BCUT2D eigenvalue weighted by atomic mass is 16.5. The zero-order chi connectivity index (χ0) is 16.2. The van der Waals surface area contributed by atoms with E-state index in [9.17, 15) is 19.8 Å². The van der Waals surface area contributed by atoms with Gasteiger partial charge in [-0.3, -0.25) is 4.79 Å². The van der Waals surface area contributed by atoms with Gasteiger partial charge in [-0.15, -0.1) is 0 Å². The van der Waals surface area contributed by atoms with E-state index in [-0.39, 0.29) is 17.7 Å². The fourth-order valence-corrected chi connectivity index (χ4v) is 2.16. The topological polar surface area (TPSA) is 83.8 Å². The molecule has 0 fully saturated rings. The predicted octanol–water partition coefficient (Wildman–Crippen LogP) is 2.07. The molecular weight excluding hydrogens is 284 g/mol. The number of carboxylic acids is 1. The Balaban J connectivity index is 2.44. The van der Waals surface area contributed by atoms with Crippen molar-refractivity contribution in [2.75, 3.05) is 0 Å². The second-order valence-corrected chi connectivity index (χ2v) is 4.86. The van der Waals surface area contributed by atoms with Gasteiger partial charge in [0.2, 0.25) is 5.60 Å². The number of carbonyl (C=O) groups is 2. The van der Waals surface area contributed by atoms with Gasteiger partial charge < -0.3 is 14.9 Å². The summed E-state index contributed by atoms with van der Waals surface area (Å²) in [5.41, 5.74) is -1.10. The number of rotatable bonds is 5. The van der Waals surface area contributed by atoms with Crippen molar-refractivity contribution in [3.05, 3.63) is 71.3 Å². The van der Waals surface area contributed by atoms with E-state index in [0.29, 0.717) is 5.56 Å². The minimum atomic E-state index is -2.16. The normalized spacial score (nSPS) is 13.2. The molecule has 0 aromatic heterocycles. The average molecular weight is 300 g/mol. The smallest absolute Gasteiger partial charge is 0.345 e. The molecular formula is C17H16O5. The summed E-state index contributed by atoms with van der Waals surface area (Å²) in [5, 5.41) is 20.2. The molecule has 2 aromatic carbocycles. The second kappa shape index (κ2) is 6.41. The number of carboxylic acid groups (broad SMARTS) is 1. The van der Waals surface area contributed by atoms with Gasteiger partial charge in [-0.1, -0.05) is 48.5 Å². The summed E-state index contributed by atoms with van der Waals surface area (Å²) >= 11 is 0. The van der Waals surface area contributed by atoms with Gasteiger partial charge in [0.05, 0.1) is 0 Å². The SMILES string of the molecule is CC(=O)OCc1cccc(C(O)(C(=O)O)c2ccccc2)c1. The molecule has 0 heterocycles. The molecule has 0 aliphatic rings. The van der Waals surface area contributed by atoms with Crippen molar-refractivity contribution >= 4 is 11.9 Å². The molecule has 5 heteroatoms. The van der Waals surface area contributed by atoms with Crippen molar-refractivity contribution in [3.63, 3.8) is 0 Å². The summed E-state index contributed by atoms with van der Waals surface area (Å²) in [7, 11) is 0.